The van der Waals surface area contributed by atoms with E-state index >= 15 is 0 Å². The van der Waals surface area contributed by atoms with E-state index in [1.807, 2.05) is 61.5 Å². The maximum absolute atomic E-state index is 12.4. The first-order valence-corrected chi connectivity index (χ1v) is 9.09. The van der Waals surface area contributed by atoms with Gasteiger partial charge in [0.2, 0.25) is 5.75 Å². The van der Waals surface area contributed by atoms with Crippen molar-refractivity contribution in [3.8, 4) is 17.2 Å². The van der Waals surface area contributed by atoms with Crippen molar-refractivity contribution in [2.45, 2.75) is 6.92 Å². The van der Waals surface area contributed by atoms with Gasteiger partial charge in [-0.2, -0.15) is 0 Å². The SMILES string of the molecule is COc1cc(Nc2ccc(NC(=O)c3cccc(C)c3)cc2)cc(OC)c1OC. The van der Waals surface area contributed by atoms with Crippen molar-refractivity contribution in [2.24, 2.45) is 0 Å². The number of nitrogens with one attached hydrogen (secondary N) is 2. The number of hydrogen-bond acceptors (Lipinski definition) is 5. The molecule has 0 aromatic heterocycles. The zero-order chi connectivity index (χ0) is 20.8. The summed E-state index contributed by atoms with van der Waals surface area (Å²) >= 11 is 0. The number of anilines is 3. The van der Waals surface area contributed by atoms with Gasteiger partial charge in [-0.1, -0.05) is 17.7 Å². The molecule has 29 heavy (non-hydrogen) atoms. The van der Waals surface area contributed by atoms with E-state index < -0.39 is 0 Å². The molecule has 2 N–H and O–H groups in total. The third kappa shape index (κ3) is 4.79. The second-order valence-corrected chi connectivity index (χ2v) is 6.44. The van der Waals surface area contributed by atoms with Crippen LogP contribution in [0.4, 0.5) is 17.1 Å². The Morgan fingerprint density at radius 3 is 1.93 bits per heavy atom. The molecule has 3 aromatic carbocycles. The molecule has 3 aromatic rings. The Bertz CT molecular complexity index is 975. The molecule has 0 unspecified atom stereocenters. The van der Waals surface area contributed by atoms with Gasteiger partial charge in [0.05, 0.1) is 21.3 Å². The lowest BCUT2D eigenvalue weighted by Crippen LogP contribution is -2.11. The number of carbonyl (C=O) groups is 1. The van der Waals surface area contributed by atoms with Gasteiger partial charge in [-0.15, -0.1) is 0 Å². The molecule has 0 saturated heterocycles. The minimum absolute atomic E-state index is 0.140. The number of carbonyl (C=O) groups excluding carboxylic acids is 1. The smallest absolute Gasteiger partial charge is 0.255 e. The lowest BCUT2D eigenvalue weighted by atomic mass is 10.1. The monoisotopic (exact) mass is 392 g/mol. The summed E-state index contributed by atoms with van der Waals surface area (Å²) < 4.78 is 16.1. The molecule has 6 nitrogen and oxygen atoms in total. The Hall–Kier alpha value is -3.67. The van der Waals surface area contributed by atoms with Crippen LogP contribution < -0.4 is 24.8 Å². The summed E-state index contributed by atoms with van der Waals surface area (Å²) in [6.45, 7) is 1.96. The molecule has 150 valence electrons. The minimum Gasteiger partial charge on any atom is -0.493 e. The predicted molar refractivity (Wildman–Crippen MR) is 115 cm³/mol. The molecule has 0 bridgehead atoms. The zero-order valence-corrected chi connectivity index (χ0v) is 16.9. The highest BCUT2D eigenvalue weighted by molar-refractivity contribution is 6.04. The number of hydrogen-bond donors (Lipinski definition) is 2. The van der Waals surface area contributed by atoms with Crippen molar-refractivity contribution in [1.29, 1.82) is 0 Å². The van der Waals surface area contributed by atoms with Crippen molar-refractivity contribution in [3.63, 3.8) is 0 Å². The second kappa shape index (κ2) is 9.01. The molecule has 0 atom stereocenters. The molecular formula is C23H24N2O4. The summed E-state index contributed by atoms with van der Waals surface area (Å²) in [5.74, 6) is 1.53. The molecule has 0 heterocycles. The highest BCUT2D eigenvalue weighted by Crippen LogP contribution is 2.40. The van der Waals surface area contributed by atoms with Gasteiger partial charge in [-0.25, -0.2) is 0 Å². The highest BCUT2D eigenvalue weighted by atomic mass is 16.5. The van der Waals surface area contributed by atoms with E-state index in [4.69, 9.17) is 14.2 Å². The molecule has 0 spiro atoms. The summed E-state index contributed by atoms with van der Waals surface area (Å²) in [6.07, 6.45) is 0. The predicted octanol–water partition coefficient (Wildman–Crippen LogP) is 5.02. The molecule has 0 saturated carbocycles. The van der Waals surface area contributed by atoms with Crippen LogP contribution in [-0.4, -0.2) is 27.2 Å². The van der Waals surface area contributed by atoms with E-state index in [2.05, 4.69) is 10.6 Å². The van der Waals surface area contributed by atoms with Gasteiger partial charge in [-0.05, 0) is 43.3 Å². The van der Waals surface area contributed by atoms with Crippen LogP contribution in [0.3, 0.4) is 0 Å². The number of ether oxygens (including phenoxy) is 3. The molecule has 3 rings (SSSR count). The van der Waals surface area contributed by atoms with Gasteiger partial charge in [0, 0.05) is 34.8 Å². The summed E-state index contributed by atoms with van der Waals surface area (Å²) in [5, 5.41) is 6.20. The fourth-order valence-corrected chi connectivity index (χ4v) is 2.95. The van der Waals surface area contributed by atoms with Crippen molar-refractivity contribution in [1.82, 2.24) is 0 Å². The van der Waals surface area contributed by atoms with Crippen molar-refractivity contribution in [2.75, 3.05) is 32.0 Å². The van der Waals surface area contributed by atoms with Crippen LogP contribution in [0.15, 0.2) is 60.7 Å². The first-order valence-electron chi connectivity index (χ1n) is 9.09. The van der Waals surface area contributed by atoms with E-state index in [1.165, 1.54) is 0 Å². The molecule has 1 amide bonds. The minimum atomic E-state index is -0.140. The molecule has 0 aliphatic rings. The van der Waals surface area contributed by atoms with E-state index in [9.17, 15) is 4.79 Å². The first kappa shape index (κ1) is 20.1. The Morgan fingerprint density at radius 1 is 0.759 bits per heavy atom. The number of aryl methyl sites for hydroxylation is 1. The molecule has 0 aliphatic heterocycles. The Kier molecular flexibility index (Phi) is 6.24. The molecule has 0 aliphatic carbocycles. The Labute approximate surface area is 170 Å². The lowest BCUT2D eigenvalue weighted by molar-refractivity contribution is 0.102. The van der Waals surface area contributed by atoms with Crippen molar-refractivity contribution in [3.05, 3.63) is 71.8 Å². The van der Waals surface area contributed by atoms with Gasteiger partial charge in [0.15, 0.2) is 11.5 Å². The van der Waals surface area contributed by atoms with Crippen LogP contribution in [0.5, 0.6) is 17.2 Å². The third-order valence-corrected chi connectivity index (χ3v) is 4.38. The maximum Gasteiger partial charge on any atom is 0.255 e. The van der Waals surface area contributed by atoms with Crippen LogP contribution in [-0.2, 0) is 0 Å². The van der Waals surface area contributed by atoms with Crippen molar-refractivity contribution < 1.29 is 19.0 Å². The largest absolute Gasteiger partial charge is 0.493 e. The summed E-state index contributed by atoms with van der Waals surface area (Å²) in [5.41, 5.74) is 4.03. The number of methoxy groups -OCH3 is 3. The highest BCUT2D eigenvalue weighted by Gasteiger charge is 2.13. The molecular weight excluding hydrogens is 368 g/mol. The van der Waals surface area contributed by atoms with Gasteiger partial charge >= 0.3 is 0 Å². The van der Waals surface area contributed by atoms with Gasteiger partial charge in [0.1, 0.15) is 0 Å². The topological polar surface area (TPSA) is 68.8 Å². The summed E-state index contributed by atoms with van der Waals surface area (Å²) in [7, 11) is 4.72. The second-order valence-electron chi connectivity index (χ2n) is 6.44. The molecule has 0 radical (unpaired) electrons. The first-order chi connectivity index (χ1) is 14.0. The van der Waals surface area contributed by atoms with Crippen LogP contribution in [0.1, 0.15) is 15.9 Å². The maximum atomic E-state index is 12.4. The molecule has 0 fully saturated rings. The average Bonchev–Trinajstić information content (AvgIpc) is 2.74. The summed E-state index contributed by atoms with van der Waals surface area (Å²) in [6, 6.07) is 18.6. The average molecular weight is 392 g/mol. The standard InChI is InChI=1S/C23H24N2O4/c1-15-6-5-7-16(12-15)23(26)25-18-10-8-17(9-11-18)24-19-13-20(27-2)22(29-4)21(14-19)28-3/h5-14,24H,1-4H3,(H,25,26). The van der Waals surface area contributed by atoms with E-state index in [1.54, 1.807) is 27.4 Å². The number of rotatable bonds is 7. The van der Waals surface area contributed by atoms with Gasteiger partial charge < -0.3 is 24.8 Å². The van der Waals surface area contributed by atoms with E-state index in [0.717, 1.165) is 16.9 Å². The van der Waals surface area contributed by atoms with E-state index in [0.29, 0.717) is 28.5 Å². The number of benzene rings is 3. The molecule has 6 heteroatoms. The van der Waals surface area contributed by atoms with Crippen LogP contribution in [0, 0.1) is 6.92 Å². The fourth-order valence-electron chi connectivity index (χ4n) is 2.95. The van der Waals surface area contributed by atoms with Gasteiger partial charge in [0.25, 0.3) is 5.91 Å². The lowest BCUT2D eigenvalue weighted by Gasteiger charge is -2.15. The third-order valence-electron chi connectivity index (χ3n) is 4.38. The fraction of sp³-hybridized carbons (Fsp3) is 0.174. The normalized spacial score (nSPS) is 10.2. The number of amides is 1. The van der Waals surface area contributed by atoms with E-state index in [-0.39, 0.29) is 5.91 Å². The van der Waals surface area contributed by atoms with Crippen LogP contribution >= 0.6 is 0 Å². The summed E-state index contributed by atoms with van der Waals surface area (Å²) in [4.78, 5) is 12.4. The Morgan fingerprint density at radius 2 is 1.38 bits per heavy atom. The van der Waals surface area contributed by atoms with Crippen LogP contribution in [0.25, 0.3) is 0 Å². The Balaban J connectivity index is 1.73. The van der Waals surface area contributed by atoms with Gasteiger partial charge in [-0.3, -0.25) is 4.79 Å². The zero-order valence-electron chi connectivity index (χ0n) is 16.9. The quantitative estimate of drug-likeness (QED) is 0.591. The van der Waals surface area contributed by atoms with Crippen LogP contribution in [0.2, 0.25) is 0 Å². The van der Waals surface area contributed by atoms with Crippen molar-refractivity contribution >= 4 is 23.0 Å².